The smallest absolute Gasteiger partial charge is 0.343 e. The maximum atomic E-state index is 14.6. The van der Waals surface area contributed by atoms with Crippen molar-refractivity contribution in [2.45, 2.75) is 52.2 Å². The van der Waals surface area contributed by atoms with Gasteiger partial charge in [-0.3, -0.25) is 0 Å². The molecule has 4 nitrogen and oxygen atoms in total. The van der Waals surface area contributed by atoms with Gasteiger partial charge in [-0.25, -0.2) is 9.18 Å². The Morgan fingerprint density at radius 3 is 2.41 bits per heavy atom. The second kappa shape index (κ2) is 10.5. The third-order valence-electron chi connectivity index (χ3n) is 5.21. The lowest BCUT2D eigenvalue weighted by Gasteiger charge is -2.29. The van der Waals surface area contributed by atoms with Crippen molar-refractivity contribution >= 4 is 5.97 Å². The summed E-state index contributed by atoms with van der Waals surface area (Å²) < 4.78 is 31.4. The van der Waals surface area contributed by atoms with Crippen molar-refractivity contribution in [2.24, 2.45) is 5.92 Å². The Hall–Kier alpha value is -2.24. The van der Waals surface area contributed by atoms with E-state index >= 15 is 0 Å². The van der Waals surface area contributed by atoms with Gasteiger partial charge in [0.25, 0.3) is 0 Å². The molecule has 0 amide bonds. The molecule has 2 aromatic carbocycles. The highest BCUT2D eigenvalue weighted by molar-refractivity contribution is 5.91. The number of unbranched alkanes of at least 4 members (excludes halogenated alkanes) is 2. The van der Waals surface area contributed by atoms with E-state index in [-0.39, 0.29) is 5.56 Å². The van der Waals surface area contributed by atoms with Gasteiger partial charge in [0.1, 0.15) is 11.6 Å². The summed E-state index contributed by atoms with van der Waals surface area (Å²) >= 11 is 0. The summed E-state index contributed by atoms with van der Waals surface area (Å²) in [7, 11) is 0. The van der Waals surface area contributed by atoms with E-state index in [1.165, 1.54) is 25.0 Å². The number of rotatable bonds is 8. The van der Waals surface area contributed by atoms with E-state index in [2.05, 4.69) is 13.8 Å². The highest BCUT2D eigenvalue weighted by atomic mass is 19.1. The Bertz CT molecular complexity index is 795. The largest absolute Gasteiger partial charge is 0.423 e. The lowest BCUT2D eigenvalue weighted by Crippen LogP contribution is -2.27. The van der Waals surface area contributed by atoms with Gasteiger partial charge >= 0.3 is 5.97 Å². The number of aryl methyl sites for hydroxylation is 1. The predicted molar refractivity (Wildman–Crippen MR) is 109 cm³/mol. The summed E-state index contributed by atoms with van der Waals surface area (Å²) in [4.78, 5) is 12.3. The number of hydrogen-bond donors (Lipinski definition) is 0. The van der Waals surface area contributed by atoms with E-state index in [0.717, 1.165) is 24.8 Å². The van der Waals surface area contributed by atoms with Crippen LogP contribution in [0.15, 0.2) is 42.5 Å². The maximum absolute atomic E-state index is 14.6. The molecule has 0 N–H and O–H groups in total. The zero-order valence-corrected chi connectivity index (χ0v) is 17.2. The van der Waals surface area contributed by atoms with Crippen LogP contribution in [0.1, 0.15) is 67.3 Å². The van der Waals surface area contributed by atoms with E-state index < -0.39 is 18.1 Å². The van der Waals surface area contributed by atoms with Crippen molar-refractivity contribution in [3.8, 4) is 5.75 Å². The quantitative estimate of drug-likeness (QED) is 0.317. The molecule has 5 heteroatoms. The number of hydrogen-bond acceptors (Lipinski definition) is 4. The van der Waals surface area contributed by atoms with Crippen molar-refractivity contribution in [1.29, 1.82) is 0 Å². The summed E-state index contributed by atoms with van der Waals surface area (Å²) in [5.74, 6) is -0.338. The van der Waals surface area contributed by atoms with E-state index in [0.29, 0.717) is 30.4 Å². The van der Waals surface area contributed by atoms with Crippen LogP contribution in [0.25, 0.3) is 0 Å². The standard InChI is InChI=1S/C24H29FO4/c1-3-5-6-7-18-15-27-24(28-16-18)21-13-10-19(14-22(21)25)23(26)29-20-11-8-17(4-2)9-12-20/h8-14,18,24H,3-7,15-16H2,1-2H3. The monoisotopic (exact) mass is 400 g/mol. The van der Waals surface area contributed by atoms with Crippen LogP contribution < -0.4 is 4.74 Å². The van der Waals surface area contributed by atoms with Crippen molar-refractivity contribution in [3.63, 3.8) is 0 Å². The minimum atomic E-state index is -0.732. The second-order valence-corrected chi connectivity index (χ2v) is 7.48. The summed E-state index contributed by atoms with van der Waals surface area (Å²) in [6.45, 7) is 5.35. The molecule has 1 aliphatic heterocycles. The molecule has 156 valence electrons. The van der Waals surface area contributed by atoms with Crippen molar-refractivity contribution in [1.82, 2.24) is 0 Å². The molecule has 3 rings (SSSR count). The molecule has 0 atom stereocenters. The van der Waals surface area contributed by atoms with Crippen LogP contribution >= 0.6 is 0 Å². The molecule has 0 aromatic heterocycles. The highest BCUT2D eigenvalue weighted by Gasteiger charge is 2.26. The second-order valence-electron chi connectivity index (χ2n) is 7.48. The summed E-state index contributed by atoms with van der Waals surface area (Å²) in [6, 6.07) is 11.5. The maximum Gasteiger partial charge on any atom is 0.343 e. The van der Waals surface area contributed by atoms with Gasteiger partial charge < -0.3 is 14.2 Å². The summed E-state index contributed by atoms with van der Waals surface area (Å²) in [5.41, 5.74) is 1.61. The van der Waals surface area contributed by atoms with Crippen LogP contribution in [0.3, 0.4) is 0 Å². The van der Waals surface area contributed by atoms with Gasteiger partial charge in [-0.15, -0.1) is 0 Å². The minimum absolute atomic E-state index is 0.152. The van der Waals surface area contributed by atoms with Crippen molar-refractivity contribution in [2.75, 3.05) is 13.2 Å². The Morgan fingerprint density at radius 1 is 1.07 bits per heavy atom. The van der Waals surface area contributed by atoms with Crippen LogP contribution in [0, 0.1) is 11.7 Å². The zero-order valence-electron chi connectivity index (χ0n) is 17.2. The molecular weight excluding hydrogens is 371 g/mol. The Morgan fingerprint density at radius 2 is 1.79 bits per heavy atom. The van der Waals surface area contributed by atoms with E-state index in [1.807, 2.05) is 12.1 Å². The van der Waals surface area contributed by atoms with Crippen molar-refractivity contribution in [3.05, 3.63) is 65.0 Å². The van der Waals surface area contributed by atoms with Gasteiger partial charge in [0, 0.05) is 11.5 Å². The van der Waals surface area contributed by atoms with Gasteiger partial charge in [-0.1, -0.05) is 51.3 Å². The van der Waals surface area contributed by atoms with Gasteiger partial charge in [-0.05, 0) is 42.7 Å². The van der Waals surface area contributed by atoms with Gasteiger partial charge in [0.05, 0.1) is 18.8 Å². The van der Waals surface area contributed by atoms with Crippen LogP contribution in [0.4, 0.5) is 4.39 Å². The molecule has 0 aliphatic carbocycles. The van der Waals surface area contributed by atoms with Gasteiger partial charge in [-0.2, -0.15) is 0 Å². The van der Waals surface area contributed by atoms with Crippen molar-refractivity contribution < 1.29 is 23.4 Å². The molecule has 0 radical (unpaired) electrons. The molecule has 1 fully saturated rings. The molecule has 0 saturated carbocycles. The summed E-state index contributed by atoms with van der Waals surface area (Å²) in [6.07, 6.45) is 4.78. The molecule has 1 heterocycles. The first kappa shape index (κ1) is 21.5. The van der Waals surface area contributed by atoms with Crippen LogP contribution in [-0.2, 0) is 15.9 Å². The average molecular weight is 400 g/mol. The Kier molecular flexibility index (Phi) is 7.78. The topological polar surface area (TPSA) is 44.8 Å². The zero-order chi connectivity index (χ0) is 20.6. The van der Waals surface area contributed by atoms with Gasteiger partial charge in [0.15, 0.2) is 6.29 Å². The third-order valence-corrected chi connectivity index (χ3v) is 5.21. The van der Waals surface area contributed by atoms with Crippen LogP contribution in [0.2, 0.25) is 0 Å². The average Bonchev–Trinajstić information content (AvgIpc) is 2.75. The number of ether oxygens (including phenoxy) is 3. The lowest BCUT2D eigenvalue weighted by molar-refractivity contribution is -0.207. The number of carbonyl (C=O) groups excluding carboxylic acids is 1. The molecule has 1 aliphatic rings. The SMILES string of the molecule is CCCCCC1COC(c2ccc(C(=O)Oc3ccc(CC)cc3)cc2F)OC1. The van der Waals surface area contributed by atoms with E-state index in [1.54, 1.807) is 18.2 Å². The molecule has 2 aromatic rings. The van der Waals surface area contributed by atoms with E-state index in [4.69, 9.17) is 14.2 Å². The first-order valence-electron chi connectivity index (χ1n) is 10.4. The minimum Gasteiger partial charge on any atom is -0.423 e. The third kappa shape index (κ3) is 5.87. The number of carbonyl (C=O) groups is 1. The van der Waals surface area contributed by atoms with E-state index in [9.17, 15) is 9.18 Å². The van der Waals surface area contributed by atoms with Gasteiger partial charge in [0.2, 0.25) is 0 Å². The molecule has 0 spiro atoms. The molecule has 0 bridgehead atoms. The number of benzene rings is 2. The fourth-order valence-electron chi connectivity index (χ4n) is 3.38. The molecular formula is C24H29FO4. The normalized spacial score (nSPS) is 19.1. The number of esters is 1. The molecule has 29 heavy (non-hydrogen) atoms. The lowest BCUT2D eigenvalue weighted by atomic mass is 10.0. The Labute approximate surface area is 172 Å². The van der Waals surface area contributed by atoms with Crippen LogP contribution in [-0.4, -0.2) is 19.2 Å². The first-order chi connectivity index (χ1) is 14.1. The first-order valence-corrected chi connectivity index (χ1v) is 10.4. The summed E-state index contributed by atoms with van der Waals surface area (Å²) in [5, 5.41) is 0. The fourth-order valence-corrected chi connectivity index (χ4v) is 3.38. The number of halogens is 1. The Balaban J connectivity index is 1.57. The molecule has 1 saturated heterocycles. The highest BCUT2D eigenvalue weighted by Crippen LogP contribution is 2.29. The fraction of sp³-hybridized carbons (Fsp3) is 0.458. The predicted octanol–water partition coefficient (Wildman–Crippen LogP) is 5.85. The molecule has 0 unspecified atom stereocenters. The van der Waals surface area contributed by atoms with Crippen LogP contribution in [0.5, 0.6) is 5.75 Å².